The summed E-state index contributed by atoms with van der Waals surface area (Å²) >= 11 is -5.41. The molecule has 0 bridgehead atoms. The molecule has 0 unspecified atom stereocenters. The Morgan fingerprint density at radius 2 is 0.600 bits per heavy atom. The van der Waals surface area contributed by atoms with Crippen molar-refractivity contribution in [2.45, 2.75) is 29.4 Å². The summed E-state index contributed by atoms with van der Waals surface area (Å²) in [7, 11) is -30.9. The molecule has 0 amide bonds. The van der Waals surface area contributed by atoms with Crippen LogP contribution in [0.2, 0.25) is 0 Å². The van der Waals surface area contributed by atoms with E-state index in [4.69, 9.17) is 9.70 Å². The summed E-state index contributed by atoms with van der Waals surface area (Å²) in [5.41, 5.74) is -3.99. The first-order valence-corrected chi connectivity index (χ1v) is 33.2. The second-order valence-corrected chi connectivity index (χ2v) is 29.7. The highest BCUT2D eigenvalue weighted by molar-refractivity contribution is 7.90. The van der Waals surface area contributed by atoms with Gasteiger partial charge in [-0.25, -0.2) is 15.0 Å². The number of hydrogen-bond donors (Lipinski definition) is 9. The summed E-state index contributed by atoms with van der Waals surface area (Å²) in [5, 5.41) is 33.0. The maximum atomic E-state index is 14.3. The summed E-state index contributed by atoms with van der Waals surface area (Å²) < 4.78 is 200. The van der Waals surface area contributed by atoms with Gasteiger partial charge in [0.25, 0.3) is 60.7 Å². The molecule has 37 heteroatoms. The third-order valence-corrected chi connectivity index (χ3v) is 23.3. The number of fused-ring (bicyclic) bond motifs is 6. The Bertz CT molecular complexity index is 4940. The molecule has 30 nitrogen and oxygen atoms in total. The van der Waals surface area contributed by atoms with Crippen LogP contribution in [-0.2, 0) is 70.4 Å². The highest BCUT2D eigenvalue weighted by Gasteiger charge is 2.48. The first kappa shape index (κ1) is 56.8. The fourth-order valence-corrected chi connectivity index (χ4v) is 17.3. The zero-order valence-electron chi connectivity index (χ0n) is 41.3. The molecule has 432 valence electrons. The van der Waals surface area contributed by atoms with E-state index in [9.17, 15) is 93.9 Å². The van der Waals surface area contributed by atoms with Crippen LogP contribution in [0.4, 0.5) is 17.1 Å². The first-order valence-electron chi connectivity index (χ1n) is 23.3. The lowest BCUT2D eigenvalue weighted by molar-refractivity contribution is 0.106. The molecule has 3 aliphatic rings. The van der Waals surface area contributed by atoms with Gasteiger partial charge in [0.1, 0.15) is 34.2 Å². The van der Waals surface area contributed by atoms with Crippen molar-refractivity contribution in [2.75, 3.05) is 0 Å². The minimum atomic E-state index is -5.53. The molecule has 9 aromatic rings. The lowest BCUT2D eigenvalue weighted by atomic mass is 10.1. The van der Waals surface area contributed by atoms with Crippen molar-refractivity contribution in [1.82, 2.24) is 15.0 Å². The SMILES string of the molecule is O=C1C(c2[nH]c3ccc(S(=O)(=O)[O][Al]([O]S(=O)(=O)c4ccc5[nH]c(C6=Nc7ccc(S(=O)(=O)O)cc7C6=O)c(O)c5c4)[O]S(=O)(=O)c4ccc5[nH]c(C6=Nc7ccc(S(=O)(=O)O)cc7C6=O)c(O)c5c4)cc3c2O)=Nc2ccc(S(=O)(=O)O)cc21. The van der Waals surface area contributed by atoms with Gasteiger partial charge >= 0.3 is 15.1 Å². The zero-order valence-corrected chi connectivity index (χ0v) is 47.3. The van der Waals surface area contributed by atoms with Gasteiger partial charge < -0.3 is 40.0 Å². The van der Waals surface area contributed by atoms with E-state index < -0.39 is 174 Å². The van der Waals surface area contributed by atoms with Gasteiger partial charge in [0.15, 0.2) is 17.2 Å². The number of Topliss-reactive ketones (excluding diaryl/α,β-unsaturated/α-hetero) is 3. The second-order valence-electron chi connectivity index (χ2n) is 18.4. The number of nitrogens with one attached hydrogen (secondary N) is 3. The Kier molecular flexibility index (Phi) is 12.8. The van der Waals surface area contributed by atoms with Gasteiger partial charge in [-0.2, -0.15) is 50.5 Å². The van der Waals surface area contributed by atoms with Gasteiger partial charge in [-0.15, -0.1) is 0 Å². The number of H-pyrrole nitrogens is 3. The number of benzene rings is 6. The van der Waals surface area contributed by atoms with E-state index in [2.05, 4.69) is 29.9 Å². The molecular weight excluding hydrogens is 1260 g/mol. The van der Waals surface area contributed by atoms with Gasteiger partial charge in [-0.1, -0.05) is 0 Å². The zero-order chi connectivity index (χ0) is 61.0. The quantitative estimate of drug-likeness (QED) is 0.0506. The number of aromatic amines is 3. The minimum absolute atomic E-state index is 0.0681. The summed E-state index contributed by atoms with van der Waals surface area (Å²) in [6.45, 7) is 0. The average Bonchev–Trinajstić information content (AvgIpc) is 1.79. The second kappa shape index (κ2) is 19.2. The van der Waals surface area contributed by atoms with Crippen LogP contribution in [0.3, 0.4) is 0 Å². The third kappa shape index (κ3) is 9.71. The summed E-state index contributed by atoms with van der Waals surface area (Å²) in [6, 6.07) is 16.5. The standard InChI is InChI=1S/3C16H10N2O8S2.Al/c3*19-15-9-5-7(27(21,22)23)1-3-11(9)17-13(15)14-16(20)10-6-8(28(24,25)26)2-4-12(10)18-14;/h3*1-6,17,19H,(H,21,22,23)(H,24,25,26);/q;;;+3/p-3. The summed E-state index contributed by atoms with van der Waals surface area (Å²) in [6.07, 6.45) is 0. The highest BCUT2D eigenvalue weighted by Crippen LogP contribution is 2.41. The topological polar surface area (TPSA) is 490 Å². The highest BCUT2D eigenvalue weighted by atomic mass is 32.2. The van der Waals surface area contributed by atoms with Crippen molar-refractivity contribution in [3.63, 3.8) is 0 Å². The van der Waals surface area contributed by atoms with Gasteiger partial charge in [0.2, 0.25) is 17.3 Å². The van der Waals surface area contributed by atoms with Crippen molar-refractivity contribution in [3.05, 3.63) is 143 Å². The molecular formula is C48H27AlN6O24S6. The van der Waals surface area contributed by atoms with Crippen molar-refractivity contribution >= 4 is 160 Å². The van der Waals surface area contributed by atoms with E-state index in [0.29, 0.717) is 0 Å². The number of carbonyl (C=O) groups is 3. The monoisotopic (exact) mass is 1290 g/mol. The lowest BCUT2D eigenvalue weighted by Gasteiger charge is -2.15. The van der Waals surface area contributed by atoms with E-state index in [1.807, 2.05) is 0 Å². The number of ketones is 3. The molecule has 6 heterocycles. The summed E-state index contributed by atoms with van der Waals surface area (Å²) in [5.74, 6) is -5.25. The normalized spacial score (nSPS) is 14.7. The van der Waals surface area contributed by atoms with E-state index >= 15 is 0 Å². The average molecular weight is 1290 g/mol. The Balaban J connectivity index is 0.881. The fraction of sp³-hybridized carbons (Fsp3) is 0. The number of aromatic nitrogens is 3. The predicted molar refractivity (Wildman–Crippen MR) is 291 cm³/mol. The van der Waals surface area contributed by atoms with Crippen molar-refractivity contribution in [3.8, 4) is 17.2 Å². The molecule has 3 aromatic heterocycles. The maximum Gasteiger partial charge on any atom is 0.952 e. The van der Waals surface area contributed by atoms with E-state index in [1.165, 1.54) is 0 Å². The lowest BCUT2D eigenvalue weighted by Crippen LogP contribution is -2.35. The van der Waals surface area contributed by atoms with Gasteiger partial charge in [-0.05, 0) is 109 Å². The molecule has 0 saturated heterocycles. The van der Waals surface area contributed by atoms with Crippen LogP contribution in [0, 0.1) is 0 Å². The van der Waals surface area contributed by atoms with E-state index in [1.54, 1.807) is 0 Å². The van der Waals surface area contributed by atoms with Crippen molar-refractivity contribution < 1.29 is 104 Å². The van der Waals surface area contributed by atoms with Crippen molar-refractivity contribution in [1.29, 1.82) is 0 Å². The maximum absolute atomic E-state index is 14.3. The Hall–Kier alpha value is -8.65. The van der Waals surface area contributed by atoms with Crippen LogP contribution in [-0.4, -0.2) is 144 Å². The van der Waals surface area contributed by atoms with Crippen LogP contribution in [0.5, 0.6) is 17.2 Å². The molecule has 0 saturated carbocycles. The Morgan fingerprint density at radius 1 is 0.353 bits per heavy atom. The van der Waals surface area contributed by atoms with Crippen LogP contribution in [0.15, 0.2) is 154 Å². The Morgan fingerprint density at radius 3 is 0.847 bits per heavy atom. The van der Waals surface area contributed by atoms with Crippen LogP contribution < -0.4 is 0 Å². The third-order valence-electron chi connectivity index (χ3n) is 13.3. The molecule has 85 heavy (non-hydrogen) atoms. The molecule has 3 aliphatic heterocycles. The number of rotatable bonds is 15. The number of aliphatic imine (C=N–C) groups is 3. The molecule has 0 atom stereocenters. The smallest absolute Gasteiger partial charge is 0.505 e. The van der Waals surface area contributed by atoms with E-state index in [-0.39, 0.29) is 66.5 Å². The fourth-order valence-electron chi connectivity index (χ4n) is 9.25. The first-order chi connectivity index (χ1) is 39.7. The number of carbonyl (C=O) groups excluding carboxylic acids is 3. The van der Waals surface area contributed by atoms with Gasteiger partial charge in [0, 0.05) is 32.7 Å². The van der Waals surface area contributed by atoms with Gasteiger partial charge in [0.05, 0.1) is 63.1 Å². The molecule has 0 spiro atoms. The molecule has 0 fully saturated rings. The van der Waals surface area contributed by atoms with Crippen LogP contribution in [0.1, 0.15) is 48.2 Å². The molecule has 9 N–H and O–H groups in total. The van der Waals surface area contributed by atoms with Gasteiger partial charge in [-0.3, -0.25) is 28.0 Å². The predicted octanol–water partition coefficient (Wildman–Crippen LogP) is 4.44. The Labute approximate surface area is 480 Å². The van der Waals surface area contributed by atoms with Crippen LogP contribution in [0.25, 0.3) is 32.7 Å². The number of hydrogen-bond acceptors (Lipinski definition) is 24. The number of aromatic hydroxyl groups is 3. The number of nitrogens with zero attached hydrogens (tertiary/aromatic N) is 3. The molecule has 0 aliphatic carbocycles. The molecule has 0 radical (unpaired) electrons. The van der Waals surface area contributed by atoms with Crippen molar-refractivity contribution in [2.24, 2.45) is 15.0 Å². The minimum Gasteiger partial charge on any atom is -0.505 e. The largest absolute Gasteiger partial charge is 0.952 e. The van der Waals surface area contributed by atoms with Crippen LogP contribution >= 0.6 is 0 Å². The van der Waals surface area contributed by atoms with E-state index in [0.717, 1.165) is 109 Å². The molecule has 6 aromatic carbocycles. The molecule has 12 rings (SSSR count). The summed E-state index contributed by atoms with van der Waals surface area (Å²) in [4.78, 5) is 56.0.